The van der Waals surface area contributed by atoms with Crippen LogP contribution in [0.1, 0.15) is 111 Å². The largest absolute Gasteiger partial charge is 0.466 e. The second-order valence-electron chi connectivity index (χ2n) is 6.56. The first-order chi connectivity index (χ1) is 10.8. The molecule has 2 heteroatoms. The van der Waals surface area contributed by atoms with Gasteiger partial charge in [0.05, 0.1) is 12.5 Å². The maximum atomic E-state index is 12.0. The molecule has 2 nitrogen and oxygen atoms in total. The molecule has 0 rings (SSSR count). The minimum atomic E-state index is 0.0453. The molecular formula is C20H40O2. The minimum Gasteiger partial charge on any atom is -0.466 e. The second-order valence-corrected chi connectivity index (χ2v) is 6.56. The van der Waals surface area contributed by atoms with Gasteiger partial charge in [-0.1, -0.05) is 90.9 Å². The first-order valence-electron chi connectivity index (χ1n) is 9.92. The number of unbranched alkanes of at least 4 members (excludes halogenated alkanes) is 10. The number of carbonyl (C=O) groups is 1. The third kappa shape index (κ3) is 13.2. The SMILES string of the molecule is CCCCCCCCCC(CCCCCCC)C(=O)OCC. The van der Waals surface area contributed by atoms with Crippen LogP contribution in [-0.2, 0) is 9.53 Å². The van der Waals surface area contributed by atoms with Crippen molar-refractivity contribution in [3.63, 3.8) is 0 Å². The maximum absolute atomic E-state index is 12.0. The minimum absolute atomic E-state index is 0.0453. The molecule has 0 fully saturated rings. The Hall–Kier alpha value is -0.530. The quantitative estimate of drug-likeness (QED) is 0.235. The van der Waals surface area contributed by atoms with Gasteiger partial charge in [0.15, 0.2) is 0 Å². The Labute approximate surface area is 139 Å². The topological polar surface area (TPSA) is 26.3 Å². The molecule has 1 unspecified atom stereocenters. The van der Waals surface area contributed by atoms with E-state index in [9.17, 15) is 4.79 Å². The van der Waals surface area contributed by atoms with Crippen LogP contribution in [-0.4, -0.2) is 12.6 Å². The number of carbonyl (C=O) groups excluding carboxylic acids is 1. The zero-order valence-electron chi connectivity index (χ0n) is 15.5. The van der Waals surface area contributed by atoms with E-state index in [1.54, 1.807) is 0 Å². The van der Waals surface area contributed by atoms with E-state index in [1.807, 2.05) is 6.92 Å². The van der Waals surface area contributed by atoms with Crippen LogP contribution >= 0.6 is 0 Å². The zero-order valence-corrected chi connectivity index (χ0v) is 15.5. The first kappa shape index (κ1) is 21.5. The summed E-state index contributed by atoms with van der Waals surface area (Å²) >= 11 is 0. The standard InChI is InChI=1S/C20H40O2/c1-4-7-9-11-12-14-16-18-19(20(21)22-6-3)17-15-13-10-8-5-2/h19H,4-18H2,1-3H3. The Bertz CT molecular complexity index is 238. The van der Waals surface area contributed by atoms with Gasteiger partial charge in [-0.15, -0.1) is 0 Å². The van der Waals surface area contributed by atoms with Gasteiger partial charge in [0, 0.05) is 0 Å². The van der Waals surface area contributed by atoms with E-state index >= 15 is 0 Å². The van der Waals surface area contributed by atoms with Crippen LogP contribution in [0, 0.1) is 5.92 Å². The number of hydrogen-bond acceptors (Lipinski definition) is 2. The molecule has 0 radical (unpaired) electrons. The fourth-order valence-corrected chi connectivity index (χ4v) is 2.98. The summed E-state index contributed by atoms with van der Waals surface area (Å²) < 4.78 is 5.25. The van der Waals surface area contributed by atoms with Crippen LogP contribution in [0.15, 0.2) is 0 Å². The predicted octanol–water partition coefficient (Wildman–Crippen LogP) is 6.67. The van der Waals surface area contributed by atoms with Crippen molar-refractivity contribution in [2.75, 3.05) is 6.61 Å². The van der Waals surface area contributed by atoms with Gasteiger partial charge in [-0.3, -0.25) is 4.79 Å². The van der Waals surface area contributed by atoms with E-state index in [2.05, 4.69) is 13.8 Å². The van der Waals surface area contributed by atoms with Crippen molar-refractivity contribution < 1.29 is 9.53 Å². The van der Waals surface area contributed by atoms with Gasteiger partial charge in [-0.05, 0) is 19.8 Å². The summed E-state index contributed by atoms with van der Waals surface area (Å²) in [5.74, 6) is 0.196. The molecule has 22 heavy (non-hydrogen) atoms. The smallest absolute Gasteiger partial charge is 0.308 e. The second kappa shape index (κ2) is 16.8. The maximum Gasteiger partial charge on any atom is 0.308 e. The lowest BCUT2D eigenvalue weighted by Crippen LogP contribution is -2.18. The van der Waals surface area contributed by atoms with Crippen molar-refractivity contribution >= 4 is 5.97 Å². The van der Waals surface area contributed by atoms with Crippen molar-refractivity contribution in [1.82, 2.24) is 0 Å². The van der Waals surface area contributed by atoms with Gasteiger partial charge in [-0.2, -0.15) is 0 Å². The summed E-state index contributed by atoms with van der Waals surface area (Å²) in [6.45, 7) is 6.92. The monoisotopic (exact) mass is 312 g/mol. The lowest BCUT2D eigenvalue weighted by atomic mass is 9.94. The fourth-order valence-electron chi connectivity index (χ4n) is 2.98. The van der Waals surface area contributed by atoms with E-state index in [0.717, 1.165) is 12.8 Å². The first-order valence-corrected chi connectivity index (χ1v) is 9.92. The summed E-state index contributed by atoms with van der Waals surface area (Å²) in [4.78, 5) is 12.0. The van der Waals surface area contributed by atoms with E-state index in [0.29, 0.717) is 6.61 Å². The van der Waals surface area contributed by atoms with E-state index in [-0.39, 0.29) is 11.9 Å². The summed E-state index contributed by atoms with van der Waals surface area (Å²) in [5.41, 5.74) is 0. The summed E-state index contributed by atoms with van der Waals surface area (Å²) in [6, 6.07) is 0. The number of esters is 1. The average molecular weight is 313 g/mol. The highest BCUT2D eigenvalue weighted by Gasteiger charge is 2.18. The normalized spacial score (nSPS) is 12.3. The van der Waals surface area contributed by atoms with Crippen molar-refractivity contribution in [3.05, 3.63) is 0 Å². The summed E-state index contributed by atoms with van der Waals surface area (Å²) in [5, 5.41) is 0. The number of ether oxygens (including phenoxy) is 1. The van der Waals surface area contributed by atoms with Crippen molar-refractivity contribution in [1.29, 1.82) is 0 Å². The number of rotatable bonds is 16. The van der Waals surface area contributed by atoms with Crippen LogP contribution in [0.4, 0.5) is 0 Å². The van der Waals surface area contributed by atoms with Crippen LogP contribution in [0.25, 0.3) is 0 Å². The Morgan fingerprint density at radius 3 is 1.50 bits per heavy atom. The molecule has 0 aromatic rings. The molecule has 0 aliphatic carbocycles. The van der Waals surface area contributed by atoms with E-state index in [4.69, 9.17) is 4.74 Å². The lowest BCUT2D eigenvalue weighted by molar-refractivity contribution is -0.148. The molecule has 132 valence electrons. The van der Waals surface area contributed by atoms with E-state index in [1.165, 1.54) is 77.0 Å². The van der Waals surface area contributed by atoms with Gasteiger partial charge < -0.3 is 4.74 Å². The van der Waals surface area contributed by atoms with Gasteiger partial charge in [0.1, 0.15) is 0 Å². The molecule has 0 aliphatic rings. The van der Waals surface area contributed by atoms with Crippen LogP contribution in [0.5, 0.6) is 0 Å². The Kier molecular flexibility index (Phi) is 16.4. The molecule has 0 saturated carbocycles. The fraction of sp³-hybridized carbons (Fsp3) is 0.950. The highest BCUT2D eigenvalue weighted by atomic mass is 16.5. The van der Waals surface area contributed by atoms with Gasteiger partial charge in [0.2, 0.25) is 0 Å². The van der Waals surface area contributed by atoms with Crippen LogP contribution < -0.4 is 0 Å². The van der Waals surface area contributed by atoms with Crippen LogP contribution in [0.2, 0.25) is 0 Å². The Morgan fingerprint density at radius 1 is 0.682 bits per heavy atom. The predicted molar refractivity (Wildman–Crippen MR) is 96.1 cm³/mol. The van der Waals surface area contributed by atoms with Crippen molar-refractivity contribution in [2.45, 2.75) is 111 Å². The summed E-state index contributed by atoms with van der Waals surface area (Å²) in [6.07, 6.45) is 17.6. The molecule has 0 N–H and O–H groups in total. The van der Waals surface area contributed by atoms with Crippen molar-refractivity contribution in [3.8, 4) is 0 Å². The molecule has 0 bridgehead atoms. The molecule has 0 aromatic heterocycles. The molecule has 0 aromatic carbocycles. The Morgan fingerprint density at radius 2 is 1.09 bits per heavy atom. The highest BCUT2D eigenvalue weighted by Crippen LogP contribution is 2.20. The van der Waals surface area contributed by atoms with Gasteiger partial charge >= 0.3 is 5.97 Å². The van der Waals surface area contributed by atoms with Gasteiger partial charge in [-0.25, -0.2) is 0 Å². The molecule has 1 atom stereocenters. The molecule has 0 heterocycles. The third-order valence-corrected chi connectivity index (χ3v) is 4.43. The number of hydrogen-bond donors (Lipinski definition) is 0. The molecule has 0 amide bonds. The molecule has 0 spiro atoms. The third-order valence-electron chi connectivity index (χ3n) is 4.43. The highest BCUT2D eigenvalue weighted by molar-refractivity contribution is 5.72. The Balaban J connectivity index is 3.80. The lowest BCUT2D eigenvalue weighted by Gasteiger charge is -2.15. The molecular weight excluding hydrogens is 272 g/mol. The van der Waals surface area contributed by atoms with Crippen molar-refractivity contribution in [2.24, 2.45) is 5.92 Å². The molecule has 0 aliphatic heterocycles. The zero-order chi connectivity index (χ0) is 16.5. The molecule has 0 saturated heterocycles. The van der Waals surface area contributed by atoms with Crippen LogP contribution in [0.3, 0.4) is 0 Å². The van der Waals surface area contributed by atoms with E-state index < -0.39 is 0 Å². The average Bonchev–Trinajstić information content (AvgIpc) is 2.52. The summed E-state index contributed by atoms with van der Waals surface area (Å²) in [7, 11) is 0. The van der Waals surface area contributed by atoms with Gasteiger partial charge in [0.25, 0.3) is 0 Å².